The number of nitrogens with one attached hydrogen (secondary N) is 2. The number of hydrogen-bond acceptors (Lipinski definition) is 9. The number of phenolic OH excluding ortho intramolecular Hbond substituents is 2. The molecule has 272 valence electrons. The van der Waals surface area contributed by atoms with E-state index in [4.69, 9.17) is 9.47 Å². The molecule has 3 atom stereocenters. The number of piperazine rings is 1. The molecule has 4 rings (SSSR count). The minimum atomic E-state index is -1.14. The van der Waals surface area contributed by atoms with Crippen LogP contribution in [0, 0.1) is 0 Å². The monoisotopic (exact) mass is 702 g/mol. The summed E-state index contributed by atoms with van der Waals surface area (Å²) in [6.07, 6.45) is -0.481. The van der Waals surface area contributed by atoms with Crippen molar-refractivity contribution in [2.45, 2.75) is 70.7 Å². The van der Waals surface area contributed by atoms with Crippen LogP contribution in [-0.2, 0) is 47.9 Å². The average molecular weight is 703 g/mol. The molecule has 1 aliphatic rings. The number of carbonyl (C=O) groups is 5. The second-order valence-corrected chi connectivity index (χ2v) is 13.3. The summed E-state index contributed by atoms with van der Waals surface area (Å²) in [5.41, 5.74) is 1.22. The van der Waals surface area contributed by atoms with Crippen LogP contribution in [0.4, 0.5) is 4.79 Å². The van der Waals surface area contributed by atoms with Gasteiger partial charge in [-0.25, -0.2) is 4.79 Å². The third-order valence-electron chi connectivity index (χ3n) is 8.19. The standard InChI is InChI=1S/C38H46N4O9/c1-5-50-33(45)24-39-34(46)30(21-25-9-7-6-8-10-25)40-35(47)31(22-26-11-15-28(43)16-12-26)41-19-20-42(37(49)51-38(2,3)4)32(36(41)48)23-27-13-17-29(44)18-14-27/h6-18,30-32,43-44H,5,19-24H2,1-4H3,(H,39,46)(H,40,47)/t30-,31+,32+/m0/s1. The molecule has 0 spiro atoms. The highest BCUT2D eigenvalue weighted by Gasteiger charge is 2.44. The van der Waals surface area contributed by atoms with Gasteiger partial charge < -0.3 is 35.2 Å². The Morgan fingerprint density at radius 3 is 2.00 bits per heavy atom. The smallest absolute Gasteiger partial charge is 0.411 e. The number of ether oxygens (including phenoxy) is 2. The summed E-state index contributed by atoms with van der Waals surface area (Å²) < 4.78 is 10.6. The van der Waals surface area contributed by atoms with Crippen LogP contribution in [0.3, 0.4) is 0 Å². The van der Waals surface area contributed by atoms with Gasteiger partial charge in [0, 0.05) is 32.4 Å². The molecule has 13 heteroatoms. The van der Waals surface area contributed by atoms with Gasteiger partial charge in [0.1, 0.15) is 41.8 Å². The quantitative estimate of drug-likeness (QED) is 0.195. The van der Waals surface area contributed by atoms with Crippen LogP contribution in [0.2, 0.25) is 0 Å². The molecule has 0 aromatic heterocycles. The number of amides is 4. The van der Waals surface area contributed by atoms with Gasteiger partial charge in [0.25, 0.3) is 0 Å². The van der Waals surface area contributed by atoms with Crippen LogP contribution in [-0.4, -0.2) is 99.8 Å². The van der Waals surface area contributed by atoms with Gasteiger partial charge in [0.2, 0.25) is 17.7 Å². The van der Waals surface area contributed by atoms with Crippen LogP contribution in [0.1, 0.15) is 44.4 Å². The molecule has 1 aliphatic heterocycles. The Hall–Kier alpha value is -5.59. The molecule has 3 aromatic rings. The van der Waals surface area contributed by atoms with Gasteiger partial charge in [-0.15, -0.1) is 0 Å². The van der Waals surface area contributed by atoms with Gasteiger partial charge in [-0.3, -0.25) is 24.1 Å². The molecule has 0 aliphatic carbocycles. The van der Waals surface area contributed by atoms with E-state index in [2.05, 4.69) is 10.6 Å². The van der Waals surface area contributed by atoms with Gasteiger partial charge in [-0.1, -0.05) is 54.6 Å². The number of aromatic hydroxyl groups is 2. The fourth-order valence-corrected chi connectivity index (χ4v) is 5.73. The summed E-state index contributed by atoms with van der Waals surface area (Å²) in [5, 5.41) is 25.1. The largest absolute Gasteiger partial charge is 0.508 e. The zero-order valence-electron chi connectivity index (χ0n) is 29.3. The van der Waals surface area contributed by atoms with Crippen LogP contribution < -0.4 is 10.6 Å². The molecule has 1 saturated heterocycles. The van der Waals surface area contributed by atoms with Crippen molar-refractivity contribution in [2.75, 3.05) is 26.2 Å². The maximum atomic E-state index is 14.5. The minimum absolute atomic E-state index is 0.0151. The summed E-state index contributed by atoms with van der Waals surface area (Å²) in [7, 11) is 0. The zero-order valence-corrected chi connectivity index (χ0v) is 29.3. The molecule has 4 amide bonds. The number of phenols is 2. The van der Waals surface area contributed by atoms with Crippen molar-refractivity contribution < 1.29 is 43.7 Å². The predicted octanol–water partition coefficient (Wildman–Crippen LogP) is 3.11. The Kier molecular flexibility index (Phi) is 13.0. The summed E-state index contributed by atoms with van der Waals surface area (Å²) >= 11 is 0. The van der Waals surface area contributed by atoms with E-state index in [9.17, 15) is 34.2 Å². The first-order chi connectivity index (χ1) is 24.2. The highest BCUT2D eigenvalue weighted by Crippen LogP contribution is 2.24. The third-order valence-corrected chi connectivity index (χ3v) is 8.19. The van der Waals surface area contributed by atoms with E-state index in [1.165, 1.54) is 34.1 Å². The Labute approximate surface area is 297 Å². The van der Waals surface area contributed by atoms with Crippen LogP contribution in [0.15, 0.2) is 78.9 Å². The van der Waals surface area contributed by atoms with Crippen LogP contribution >= 0.6 is 0 Å². The number of hydrogen-bond donors (Lipinski definition) is 4. The summed E-state index contributed by atoms with van der Waals surface area (Å²) in [4.78, 5) is 70.5. The highest BCUT2D eigenvalue weighted by molar-refractivity contribution is 5.95. The van der Waals surface area contributed by atoms with Crippen LogP contribution in [0.25, 0.3) is 0 Å². The summed E-state index contributed by atoms with van der Waals surface area (Å²) in [6, 6.07) is 18.2. The molecule has 13 nitrogen and oxygen atoms in total. The molecular weight excluding hydrogens is 656 g/mol. The maximum absolute atomic E-state index is 14.5. The molecular formula is C38H46N4O9. The van der Waals surface area contributed by atoms with Gasteiger partial charge in [-0.2, -0.15) is 0 Å². The van der Waals surface area contributed by atoms with Crippen molar-refractivity contribution >= 4 is 29.8 Å². The third kappa shape index (κ3) is 11.2. The van der Waals surface area contributed by atoms with Crippen molar-refractivity contribution in [3.05, 3.63) is 95.6 Å². The lowest BCUT2D eigenvalue weighted by molar-refractivity contribution is -0.149. The van der Waals surface area contributed by atoms with Crippen molar-refractivity contribution in [1.29, 1.82) is 0 Å². The Morgan fingerprint density at radius 1 is 0.824 bits per heavy atom. The van der Waals surface area contributed by atoms with E-state index in [-0.39, 0.29) is 50.5 Å². The number of benzene rings is 3. The Balaban J connectivity index is 1.67. The summed E-state index contributed by atoms with van der Waals surface area (Å²) in [5.74, 6) is -2.31. The number of esters is 1. The highest BCUT2D eigenvalue weighted by atomic mass is 16.6. The number of rotatable bonds is 13. The predicted molar refractivity (Wildman–Crippen MR) is 188 cm³/mol. The lowest BCUT2D eigenvalue weighted by Gasteiger charge is -2.43. The lowest BCUT2D eigenvalue weighted by atomic mass is 9.97. The molecule has 4 N–H and O–H groups in total. The second kappa shape index (κ2) is 17.4. The minimum Gasteiger partial charge on any atom is -0.508 e. The lowest BCUT2D eigenvalue weighted by Crippen LogP contribution is -2.65. The zero-order chi connectivity index (χ0) is 37.1. The van der Waals surface area contributed by atoms with Gasteiger partial charge >= 0.3 is 12.1 Å². The van der Waals surface area contributed by atoms with Crippen molar-refractivity contribution in [2.24, 2.45) is 0 Å². The van der Waals surface area contributed by atoms with E-state index >= 15 is 0 Å². The molecule has 3 aromatic carbocycles. The average Bonchev–Trinajstić information content (AvgIpc) is 3.08. The van der Waals surface area contributed by atoms with E-state index in [0.717, 1.165) is 5.56 Å². The summed E-state index contributed by atoms with van der Waals surface area (Å²) in [6.45, 7) is 6.61. The fraction of sp³-hybridized carbons (Fsp3) is 0.395. The molecule has 0 unspecified atom stereocenters. The van der Waals surface area contributed by atoms with Crippen molar-refractivity contribution in [3.63, 3.8) is 0 Å². The van der Waals surface area contributed by atoms with E-state index in [1.807, 2.05) is 6.07 Å². The first-order valence-electron chi connectivity index (χ1n) is 16.9. The number of nitrogens with zero attached hydrogens (tertiary/aromatic N) is 2. The van der Waals surface area contributed by atoms with Gasteiger partial charge in [0.15, 0.2) is 0 Å². The van der Waals surface area contributed by atoms with Crippen molar-refractivity contribution in [3.8, 4) is 11.5 Å². The van der Waals surface area contributed by atoms with E-state index in [0.29, 0.717) is 11.1 Å². The molecule has 1 heterocycles. The van der Waals surface area contributed by atoms with E-state index < -0.39 is 60.1 Å². The first-order valence-corrected chi connectivity index (χ1v) is 16.9. The van der Waals surface area contributed by atoms with Gasteiger partial charge in [0.05, 0.1) is 6.61 Å². The Bertz CT molecular complexity index is 1660. The SMILES string of the molecule is CCOC(=O)CNC(=O)[C@H](Cc1ccccc1)NC(=O)[C@@H](Cc1ccc(O)cc1)N1CCN(C(=O)OC(C)(C)C)[C@H](Cc2ccc(O)cc2)C1=O. The topological polar surface area (TPSA) is 175 Å². The molecule has 0 bridgehead atoms. The molecule has 1 fully saturated rings. The van der Waals surface area contributed by atoms with Gasteiger partial charge in [-0.05, 0) is 68.7 Å². The van der Waals surface area contributed by atoms with Crippen molar-refractivity contribution in [1.82, 2.24) is 20.4 Å². The normalized spacial score (nSPS) is 15.8. The number of carbonyl (C=O) groups excluding carboxylic acids is 5. The Morgan fingerprint density at radius 2 is 1.41 bits per heavy atom. The molecule has 0 saturated carbocycles. The maximum Gasteiger partial charge on any atom is 0.411 e. The molecule has 0 radical (unpaired) electrons. The molecule has 51 heavy (non-hydrogen) atoms. The van der Waals surface area contributed by atoms with E-state index in [1.54, 1.807) is 76.2 Å². The van der Waals surface area contributed by atoms with Crippen LogP contribution in [0.5, 0.6) is 11.5 Å². The second-order valence-electron chi connectivity index (χ2n) is 13.3. The fourth-order valence-electron chi connectivity index (χ4n) is 5.73. The first kappa shape index (κ1) is 38.2.